The Morgan fingerprint density at radius 1 is 0.697 bits per heavy atom. The maximum Gasteiger partial charge on any atom is 0.0650 e. The molecule has 5 N–H and O–H groups in total. The van der Waals surface area contributed by atoms with Crippen LogP contribution < -0.4 is 16.8 Å². The Balaban J connectivity index is 2.31. The Morgan fingerprint density at radius 3 is 2.06 bits per heavy atom. The van der Waals surface area contributed by atoms with Gasteiger partial charge in [-0.15, -0.1) is 0 Å². The molecular weight excluding hydrogens is 406 g/mol. The molecular formula is C28H55N5. The van der Waals surface area contributed by atoms with Crippen LogP contribution >= 0.6 is 0 Å². The predicted octanol–water partition coefficient (Wildman–Crippen LogP) is 5.91. The third kappa shape index (κ3) is 15.4. The summed E-state index contributed by atoms with van der Waals surface area (Å²) in [5.74, 6) is 0. The van der Waals surface area contributed by atoms with E-state index in [1.807, 2.05) is 0 Å². The molecule has 1 heterocycles. The van der Waals surface area contributed by atoms with Crippen LogP contribution in [0.1, 0.15) is 109 Å². The van der Waals surface area contributed by atoms with E-state index in [1.165, 1.54) is 114 Å². The largest absolute Gasteiger partial charge is 0.384 e. The topological polar surface area (TPSA) is 80.2 Å². The smallest absolute Gasteiger partial charge is 0.0650 e. The van der Waals surface area contributed by atoms with E-state index in [9.17, 15) is 0 Å². The van der Waals surface area contributed by atoms with Crippen molar-refractivity contribution in [3.63, 3.8) is 0 Å². The standard InChI is InChI=1S/C28H55N5/c1-3-5-24-33(23-4-2)25-15-12-16-26-17-18-27(28(32-26)19-21-30)31-22-14-11-9-7-6-8-10-13-20-29/h17-18,31H,3-16,19-25,29-30H2,1-2H3. The molecule has 0 saturated heterocycles. The Hall–Kier alpha value is -1.17. The molecule has 0 saturated carbocycles. The molecule has 0 bridgehead atoms. The first-order valence-corrected chi connectivity index (χ1v) is 14.1. The Kier molecular flexibility index (Phi) is 19.3. The van der Waals surface area contributed by atoms with Crippen molar-refractivity contribution >= 4 is 5.69 Å². The Bertz CT molecular complexity index is 563. The zero-order valence-electron chi connectivity index (χ0n) is 22.1. The summed E-state index contributed by atoms with van der Waals surface area (Å²) in [5.41, 5.74) is 15.0. The molecule has 0 atom stereocenters. The van der Waals surface area contributed by atoms with Crippen LogP contribution in [0.15, 0.2) is 12.1 Å². The van der Waals surface area contributed by atoms with Crippen molar-refractivity contribution in [3.8, 4) is 0 Å². The normalized spacial score (nSPS) is 11.4. The predicted molar refractivity (Wildman–Crippen MR) is 146 cm³/mol. The molecule has 0 spiro atoms. The van der Waals surface area contributed by atoms with Crippen LogP contribution in [0.3, 0.4) is 0 Å². The SMILES string of the molecule is CCCCN(CCC)CCCCc1ccc(NCCCCCCCCCCN)c(CCN)n1. The summed E-state index contributed by atoms with van der Waals surface area (Å²) in [4.78, 5) is 7.59. The first-order valence-electron chi connectivity index (χ1n) is 14.1. The third-order valence-electron chi connectivity index (χ3n) is 6.38. The van der Waals surface area contributed by atoms with E-state index in [0.717, 1.165) is 31.6 Å². The van der Waals surface area contributed by atoms with Gasteiger partial charge in [0.1, 0.15) is 0 Å². The minimum Gasteiger partial charge on any atom is -0.384 e. The van der Waals surface area contributed by atoms with Gasteiger partial charge in [0, 0.05) is 18.7 Å². The third-order valence-corrected chi connectivity index (χ3v) is 6.38. The molecule has 5 nitrogen and oxygen atoms in total. The molecule has 1 aromatic rings. The first kappa shape index (κ1) is 29.9. The Labute approximate surface area is 205 Å². The fourth-order valence-electron chi connectivity index (χ4n) is 4.40. The van der Waals surface area contributed by atoms with Gasteiger partial charge in [-0.05, 0) is 89.8 Å². The molecule has 0 aromatic carbocycles. The maximum atomic E-state index is 5.88. The van der Waals surface area contributed by atoms with E-state index in [0.29, 0.717) is 6.54 Å². The number of hydrogen-bond acceptors (Lipinski definition) is 5. The number of nitrogens with zero attached hydrogens (tertiary/aromatic N) is 2. The summed E-state index contributed by atoms with van der Waals surface area (Å²) in [6.07, 6.45) is 18.6. The summed E-state index contributed by atoms with van der Waals surface area (Å²) in [6.45, 7) is 10.8. The van der Waals surface area contributed by atoms with Gasteiger partial charge in [-0.25, -0.2) is 0 Å². The quantitative estimate of drug-likeness (QED) is 0.177. The van der Waals surface area contributed by atoms with Gasteiger partial charge in [0.05, 0.1) is 11.4 Å². The van der Waals surface area contributed by atoms with Crippen molar-refractivity contribution in [3.05, 3.63) is 23.5 Å². The second kappa shape index (κ2) is 21.4. The molecule has 0 aliphatic heterocycles. The number of rotatable bonds is 23. The van der Waals surface area contributed by atoms with Crippen molar-refractivity contribution in [2.45, 2.75) is 110 Å². The average molecular weight is 462 g/mol. The monoisotopic (exact) mass is 461 g/mol. The highest BCUT2D eigenvalue weighted by Gasteiger charge is 2.07. The van der Waals surface area contributed by atoms with Crippen LogP contribution in [-0.2, 0) is 12.8 Å². The highest BCUT2D eigenvalue weighted by molar-refractivity contribution is 5.48. The molecule has 1 aromatic heterocycles. The molecule has 33 heavy (non-hydrogen) atoms. The van der Waals surface area contributed by atoms with Crippen molar-refractivity contribution in [1.29, 1.82) is 0 Å². The summed E-state index contributed by atoms with van der Waals surface area (Å²) in [6, 6.07) is 4.44. The minimum atomic E-state index is 0.651. The highest BCUT2D eigenvalue weighted by Crippen LogP contribution is 2.17. The number of unbranched alkanes of at least 4 members (excludes halogenated alkanes) is 9. The number of hydrogen-bond donors (Lipinski definition) is 3. The van der Waals surface area contributed by atoms with Gasteiger partial charge in [-0.1, -0.05) is 58.8 Å². The number of nitrogens with one attached hydrogen (secondary N) is 1. The zero-order chi connectivity index (χ0) is 24.0. The number of anilines is 1. The van der Waals surface area contributed by atoms with E-state index in [4.69, 9.17) is 16.5 Å². The fraction of sp³-hybridized carbons (Fsp3) is 0.821. The summed E-state index contributed by atoms with van der Waals surface area (Å²) >= 11 is 0. The molecule has 0 fully saturated rings. The number of nitrogens with two attached hydrogens (primary N) is 2. The minimum absolute atomic E-state index is 0.651. The van der Waals surface area contributed by atoms with E-state index < -0.39 is 0 Å². The van der Waals surface area contributed by atoms with Gasteiger partial charge in [0.15, 0.2) is 0 Å². The lowest BCUT2D eigenvalue weighted by molar-refractivity contribution is 0.264. The summed E-state index contributed by atoms with van der Waals surface area (Å²) in [5, 5.41) is 3.62. The van der Waals surface area contributed by atoms with Crippen molar-refractivity contribution < 1.29 is 0 Å². The number of aryl methyl sites for hydroxylation is 1. The summed E-state index contributed by atoms with van der Waals surface area (Å²) in [7, 11) is 0. The lowest BCUT2D eigenvalue weighted by Gasteiger charge is -2.21. The first-order chi connectivity index (χ1) is 16.2. The molecule has 0 aliphatic carbocycles. The average Bonchev–Trinajstić information content (AvgIpc) is 2.82. The molecule has 0 amide bonds. The van der Waals surface area contributed by atoms with Crippen LogP contribution in [0.2, 0.25) is 0 Å². The molecule has 0 unspecified atom stereocenters. The maximum absolute atomic E-state index is 5.88. The van der Waals surface area contributed by atoms with Crippen LogP contribution in [0.5, 0.6) is 0 Å². The van der Waals surface area contributed by atoms with Gasteiger partial charge in [-0.3, -0.25) is 4.98 Å². The van der Waals surface area contributed by atoms with Gasteiger partial charge in [0.2, 0.25) is 0 Å². The van der Waals surface area contributed by atoms with Gasteiger partial charge in [0.25, 0.3) is 0 Å². The van der Waals surface area contributed by atoms with E-state index in [1.54, 1.807) is 0 Å². The second-order valence-corrected chi connectivity index (χ2v) is 9.53. The van der Waals surface area contributed by atoms with Crippen molar-refractivity contribution in [1.82, 2.24) is 9.88 Å². The molecule has 1 rings (SSSR count). The molecule has 192 valence electrons. The second-order valence-electron chi connectivity index (χ2n) is 9.53. The molecule has 0 aliphatic rings. The van der Waals surface area contributed by atoms with Crippen LogP contribution in [0.4, 0.5) is 5.69 Å². The number of pyridine rings is 1. The van der Waals surface area contributed by atoms with Gasteiger partial charge >= 0.3 is 0 Å². The van der Waals surface area contributed by atoms with Gasteiger partial charge in [-0.2, -0.15) is 0 Å². The molecule has 0 radical (unpaired) electrons. The van der Waals surface area contributed by atoms with Crippen LogP contribution in [0, 0.1) is 0 Å². The van der Waals surface area contributed by atoms with Crippen molar-refractivity contribution in [2.24, 2.45) is 11.5 Å². The van der Waals surface area contributed by atoms with E-state index >= 15 is 0 Å². The number of aromatic nitrogens is 1. The van der Waals surface area contributed by atoms with Crippen molar-refractivity contribution in [2.75, 3.05) is 44.6 Å². The highest BCUT2D eigenvalue weighted by atomic mass is 15.1. The Morgan fingerprint density at radius 2 is 1.39 bits per heavy atom. The van der Waals surface area contributed by atoms with E-state index in [2.05, 4.69) is 36.2 Å². The van der Waals surface area contributed by atoms with Gasteiger partial charge < -0.3 is 21.7 Å². The summed E-state index contributed by atoms with van der Waals surface area (Å²) < 4.78 is 0. The molecule has 5 heteroatoms. The lowest BCUT2D eigenvalue weighted by Crippen LogP contribution is -2.27. The van der Waals surface area contributed by atoms with E-state index in [-0.39, 0.29) is 0 Å². The lowest BCUT2D eigenvalue weighted by atomic mass is 10.1. The fourth-order valence-corrected chi connectivity index (χ4v) is 4.40. The van der Waals surface area contributed by atoms with Crippen LogP contribution in [0.25, 0.3) is 0 Å². The van der Waals surface area contributed by atoms with Crippen LogP contribution in [-0.4, -0.2) is 49.2 Å². The zero-order valence-corrected chi connectivity index (χ0v) is 22.1.